The highest BCUT2D eigenvalue weighted by molar-refractivity contribution is 7.13. The predicted octanol–water partition coefficient (Wildman–Crippen LogP) is 3.77. The van der Waals surface area contributed by atoms with Crippen LogP contribution in [0.3, 0.4) is 0 Å². The molecule has 114 valence electrons. The van der Waals surface area contributed by atoms with E-state index in [4.69, 9.17) is 9.26 Å². The van der Waals surface area contributed by atoms with Crippen LogP contribution in [-0.4, -0.2) is 20.3 Å². The Kier molecular flexibility index (Phi) is 3.61. The lowest BCUT2D eigenvalue weighted by molar-refractivity contribution is 0.291. The molecule has 0 saturated carbocycles. The Morgan fingerprint density at radius 2 is 2.13 bits per heavy atom. The van der Waals surface area contributed by atoms with Crippen LogP contribution < -0.4 is 4.74 Å². The van der Waals surface area contributed by atoms with Gasteiger partial charge in [-0.25, -0.2) is 4.98 Å². The molecular weight excluding hydrogens is 312 g/mol. The van der Waals surface area contributed by atoms with Crippen LogP contribution in [0.5, 0.6) is 5.75 Å². The van der Waals surface area contributed by atoms with Gasteiger partial charge in [0.25, 0.3) is 0 Å². The maximum Gasteiger partial charge on any atom is 0.177 e. The minimum absolute atomic E-state index is 0.319. The predicted molar refractivity (Wildman–Crippen MR) is 86.0 cm³/mol. The van der Waals surface area contributed by atoms with Gasteiger partial charge in [0.2, 0.25) is 0 Å². The maximum atomic E-state index is 5.87. The number of nitrogens with zero attached hydrogens (tertiary/aromatic N) is 3. The number of thiophene rings is 1. The zero-order valence-corrected chi connectivity index (χ0v) is 12.8. The van der Waals surface area contributed by atoms with Crippen LogP contribution >= 0.6 is 11.3 Å². The fourth-order valence-corrected chi connectivity index (χ4v) is 2.86. The van der Waals surface area contributed by atoms with Crippen molar-refractivity contribution in [2.45, 2.75) is 6.61 Å². The van der Waals surface area contributed by atoms with Crippen LogP contribution in [-0.2, 0) is 6.61 Å². The molecule has 4 rings (SSSR count). The Bertz CT molecular complexity index is 885. The number of ether oxygens (including phenoxy) is 1. The van der Waals surface area contributed by atoms with Crippen molar-refractivity contribution in [2.24, 2.45) is 0 Å². The summed E-state index contributed by atoms with van der Waals surface area (Å²) in [4.78, 5) is 5.21. The van der Waals surface area contributed by atoms with E-state index in [-0.39, 0.29) is 0 Å². The van der Waals surface area contributed by atoms with Gasteiger partial charge >= 0.3 is 0 Å². The molecule has 0 spiro atoms. The van der Waals surface area contributed by atoms with E-state index in [1.54, 1.807) is 11.3 Å². The third kappa shape index (κ3) is 2.86. The van der Waals surface area contributed by atoms with Crippen molar-refractivity contribution in [3.63, 3.8) is 0 Å². The Morgan fingerprint density at radius 1 is 1.17 bits per heavy atom. The summed E-state index contributed by atoms with van der Waals surface area (Å²) >= 11 is 1.61. The first kappa shape index (κ1) is 13.7. The molecule has 0 fully saturated rings. The monoisotopic (exact) mass is 324 g/mol. The zero-order chi connectivity index (χ0) is 15.5. The molecule has 7 heteroatoms. The summed E-state index contributed by atoms with van der Waals surface area (Å²) in [6, 6.07) is 13.5. The molecule has 3 aromatic heterocycles. The fraction of sp³-hybridized carbons (Fsp3) is 0.0625. The van der Waals surface area contributed by atoms with E-state index in [2.05, 4.69) is 20.3 Å². The van der Waals surface area contributed by atoms with Gasteiger partial charge in [0.15, 0.2) is 11.6 Å². The second-order valence-electron chi connectivity index (χ2n) is 4.78. The molecule has 1 N–H and O–H groups in total. The number of nitrogens with one attached hydrogen (secondary N) is 1. The lowest BCUT2D eigenvalue weighted by atomic mass is 10.2. The van der Waals surface area contributed by atoms with Crippen molar-refractivity contribution in [1.29, 1.82) is 0 Å². The summed E-state index contributed by atoms with van der Waals surface area (Å²) in [5.41, 5.74) is 1.59. The second kappa shape index (κ2) is 6.05. The number of para-hydroxylation sites is 1. The van der Waals surface area contributed by atoms with E-state index >= 15 is 0 Å². The summed E-state index contributed by atoms with van der Waals surface area (Å²) < 4.78 is 11.2. The van der Waals surface area contributed by atoms with Gasteiger partial charge in [-0.1, -0.05) is 23.4 Å². The standard InChI is InChI=1S/C16H12N4O2S/c1-2-5-13(12(4-1)16-17-10-18-19-16)21-9-11-8-14(22-20-11)15-6-3-7-23-15/h1-8,10H,9H2,(H,17,18,19). The van der Waals surface area contributed by atoms with Crippen LogP contribution in [0.25, 0.3) is 22.0 Å². The highest BCUT2D eigenvalue weighted by atomic mass is 32.1. The first-order valence-corrected chi connectivity index (χ1v) is 7.85. The highest BCUT2D eigenvalue weighted by Gasteiger charge is 2.11. The Labute approximate surface area is 135 Å². The van der Waals surface area contributed by atoms with Crippen LogP contribution in [0.1, 0.15) is 5.69 Å². The van der Waals surface area contributed by atoms with Crippen molar-refractivity contribution in [1.82, 2.24) is 20.3 Å². The van der Waals surface area contributed by atoms with Gasteiger partial charge in [0.1, 0.15) is 24.4 Å². The number of hydrogen-bond donors (Lipinski definition) is 1. The molecule has 1 aromatic carbocycles. The molecule has 0 bridgehead atoms. The maximum absolute atomic E-state index is 5.87. The molecular formula is C16H12N4O2S. The van der Waals surface area contributed by atoms with Gasteiger partial charge in [-0.05, 0) is 23.6 Å². The smallest absolute Gasteiger partial charge is 0.177 e. The van der Waals surface area contributed by atoms with E-state index in [1.165, 1.54) is 6.33 Å². The van der Waals surface area contributed by atoms with Crippen molar-refractivity contribution < 1.29 is 9.26 Å². The normalized spacial score (nSPS) is 10.8. The molecule has 0 amide bonds. The van der Waals surface area contributed by atoms with E-state index in [0.29, 0.717) is 18.2 Å². The molecule has 0 unspecified atom stereocenters. The third-order valence-electron chi connectivity index (χ3n) is 3.26. The minimum Gasteiger partial charge on any atom is -0.486 e. The van der Waals surface area contributed by atoms with Crippen LogP contribution in [0.2, 0.25) is 0 Å². The van der Waals surface area contributed by atoms with Gasteiger partial charge in [0, 0.05) is 6.07 Å². The molecule has 23 heavy (non-hydrogen) atoms. The molecule has 0 aliphatic carbocycles. The Hall–Kier alpha value is -2.93. The summed E-state index contributed by atoms with van der Waals surface area (Å²) in [6.07, 6.45) is 1.47. The summed E-state index contributed by atoms with van der Waals surface area (Å²) in [6.45, 7) is 0.319. The number of aromatic nitrogens is 4. The second-order valence-corrected chi connectivity index (χ2v) is 5.73. The van der Waals surface area contributed by atoms with Crippen molar-refractivity contribution in [3.8, 4) is 27.8 Å². The quantitative estimate of drug-likeness (QED) is 0.605. The number of H-pyrrole nitrogens is 1. The highest BCUT2D eigenvalue weighted by Crippen LogP contribution is 2.28. The van der Waals surface area contributed by atoms with E-state index in [9.17, 15) is 0 Å². The third-order valence-corrected chi connectivity index (χ3v) is 4.14. The molecule has 4 aromatic rings. The SMILES string of the molecule is c1csc(-c2cc(COc3ccccc3-c3ncn[nH]3)no2)c1. The van der Waals surface area contributed by atoms with Crippen molar-refractivity contribution in [3.05, 3.63) is 59.9 Å². The summed E-state index contributed by atoms with van der Waals surface area (Å²) in [7, 11) is 0. The molecule has 0 radical (unpaired) electrons. The van der Waals surface area contributed by atoms with Crippen molar-refractivity contribution >= 4 is 11.3 Å². The summed E-state index contributed by atoms with van der Waals surface area (Å²) in [5, 5.41) is 12.8. The molecule has 6 nitrogen and oxygen atoms in total. The summed E-state index contributed by atoms with van der Waals surface area (Å²) in [5.74, 6) is 2.13. The number of benzene rings is 1. The van der Waals surface area contributed by atoms with Gasteiger partial charge in [-0.15, -0.1) is 11.3 Å². The topological polar surface area (TPSA) is 76.8 Å². The molecule has 0 aliphatic heterocycles. The number of aromatic amines is 1. The van der Waals surface area contributed by atoms with E-state index in [0.717, 1.165) is 21.9 Å². The molecule has 0 saturated heterocycles. The van der Waals surface area contributed by atoms with Crippen LogP contribution in [0.15, 0.2) is 58.7 Å². The average molecular weight is 324 g/mol. The lowest BCUT2D eigenvalue weighted by Gasteiger charge is -2.07. The van der Waals surface area contributed by atoms with Crippen LogP contribution in [0, 0.1) is 0 Å². The first-order valence-electron chi connectivity index (χ1n) is 6.97. The minimum atomic E-state index is 0.319. The van der Waals surface area contributed by atoms with Gasteiger partial charge in [-0.2, -0.15) is 5.10 Å². The fourth-order valence-electron chi connectivity index (χ4n) is 2.19. The average Bonchev–Trinajstić information content (AvgIpc) is 3.35. The van der Waals surface area contributed by atoms with Gasteiger partial charge < -0.3 is 9.26 Å². The molecule has 0 atom stereocenters. The van der Waals surface area contributed by atoms with Crippen LogP contribution in [0.4, 0.5) is 0 Å². The van der Waals surface area contributed by atoms with E-state index < -0.39 is 0 Å². The number of hydrogen-bond acceptors (Lipinski definition) is 6. The Morgan fingerprint density at radius 3 is 2.96 bits per heavy atom. The number of rotatable bonds is 5. The molecule has 3 heterocycles. The molecule has 0 aliphatic rings. The van der Waals surface area contributed by atoms with Gasteiger partial charge in [-0.3, -0.25) is 5.10 Å². The Balaban J connectivity index is 1.52. The largest absolute Gasteiger partial charge is 0.486 e. The van der Waals surface area contributed by atoms with Gasteiger partial charge in [0.05, 0.1) is 10.4 Å². The lowest BCUT2D eigenvalue weighted by Crippen LogP contribution is -1.97. The first-order chi connectivity index (χ1) is 11.4. The van der Waals surface area contributed by atoms with Crippen molar-refractivity contribution in [2.75, 3.05) is 0 Å². The zero-order valence-electron chi connectivity index (χ0n) is 12.0. The van der Waals surface area contributed by atoms with E-state index in [1.807, 2.05) is 47.8 Å².